The van der Waals surface area contributed by atoms with E-state index in [0.29, 0.717) is 37.2 Å². The van der Waals surface area contributed by atoms with Gasteiger partial charge in [-0.05, 0) is 63.7 Å². The lowest BCUT2D eigenvalue weighted by Gasteiger charge is -2.31. The van der Waals surface area contributed by atoms with E-state index in [9.17, 15) is 8.78 Å². The third-order valence-electron chi connectivity index (χ3n) is 7.90. The first-order chi connectivity index (χ1) is 18.8. The standard InChI is InChI=1S/C30H40F2N4O3/c1-4-22-6-7-27(39-22)26-19-24(33-21-8-13-35(2)14-9-21)23-18-28(37-3)29(20-25(23)34-26)38-17-5-12-36-15-10-30(31,32)11-16-36/h6-7,18-21H,4-5,8-17H2,1-3H3,(H,33,34). The number of halogens is 2. The van der Waals surface area contributed by atoms with Gasteiger partial charge in [0.2, 0.25) is 0 Å². The van der Waals surface area contributed by atoms with Crippen molar-refractivity contribution in [1.82, 2.24) is 14.8 Å². The van der Waals surface area contributed by atoms with E-state index in [1.807, 2.05) is 24.3 Å². The monoisotopic (exact) mass is 542 g/mol. The zero-order valence-corrected chi connectivity index (χ0v) is 23.3. The maximum absolute atomic E-state index is 13.4. The average Bonchev–Trinajstić information content (AvgIpc) is 3.42. The molecule has 0 radical (unpaired) electrons. The van der Waals surface area contributed by atoms with E-state index in [0.717, 1.165) is 79.1 Å². The molecule has 0 saturated carbocycles. The molecule has 2 aliphatic heterocycles. The highest BCUT2D eigenvalue weighted by Crippen LogP contribution is 2.38. The molecule has 39 heavy (non-hydrogen) atoms. The molecule has 5 rings (SSSR count). The van der Waals surface area contributed by atoms with Crippen molar-refractivity contribution in [3.63, 3.8) is 0 Å². The van der Waals surface area contributed by atoms with Crippen LogP contribution in [0.4, 0.5) is 14.5 Å². The van der Waals surface area contributed by atoms with Crippen LogP contribution in [0.3, 0.4) is 0 Å². The number of anilines is 1. The topological polar surface area (TPSA) is 63.0 Å². The molecule has 7 nitrogen and oxygen atoms in total. The minimum atomic E-state index is -2.52. The second kappa shape index (κ2) is 12.1. The summed E-state index contributed by atoms with van der Waals surface area (Å²) < 4.78 is 44.8. The molecular formula is C30H40F2N4O3. The molecule has 3 aromatic rings. The smallest absolute Gasteiger partial charge is 0.250 e. The van der Waals surface area contributed by atoms with Crippen LogP contribution in [0, 0.1) is 0 Å². The van der Waals surface area contributed by atoms with E-state index in [4.69, 9.17) is 18.9 Å². The number of pyridine rings is 1. The molecule has 1 N–H and O–H groups in total. The molecule has 0 atom stereocenters. The van der Waals surface area contributed by atoms with E-state index in [1.165, 1.54) is 0 Å². The van der Waals surface area contributed by atoms with Crippen molar-refractivity contribution in [3.8, 4) is 23.0 Å². The van der Waals surface area contributed by atoms with Crippen LogP contribution in [-0.4, -0.2) is 80.2 Å². The van der Waals surface area contributed by atoms with E-state index < -0.39 is 5.92 Å². The minimum Gasteiger partial charge on any atom is -0.493 e. The molecular weight excluding hydrogens is 502 g/mol. The van der Waals surface area contributed by atoms with E-state index >= 15 is 0 Å². The molecule has 2 aromatic heterocycles. The van der Waals surface area contributed by atoms with Crippen molar-refractivity contribution in [1.29, 1.82) is 0 Å². The number of rotatable bonds is 10. The van der Waals surface area contributed by atoms with E-state index in [1.54, 1.807) is 7.11 Å². The summed E-state index contributed by atoms with van der Waals surface area (Å²) in [5.74, 6) is 0.413. The number of likely N-dealkylation sites (tertiary alicyclic amines) is 2. The Morgan fingerprint density at radius 1 is 1.08 bits per heavy atom. The Labute approximate surface area is 229 Å². The lowest BCUT2D eigenvalue weighted by molar-refractivity contribution is -0.0554. The Morgan fingerprint density at radius 2 is 1.85 bits per heavy atom. The van der Waals surface area contributed by atoms with Crippen molar-refractivity contribution in [2.75, 3.05) is 58.8 Å². The molecule has 2 fully saturated rings. The fraction of sp³-hybridized carbons (Fsp3) is 0.567. The van der Waals surface area contributed by atoms with Crippen LogP contribution in [0.25, 0.3) is 22.4 Å². The van der Waals surface area contributed by atoms with Crippen LogP contribution in [-0.2, 0) is 6.42 Å². The lowest BCUT2D eigenvalue weighted by Crippen LogP contribution is -2.40. The molecule has 0 amide bonds. The average molecular weight is 543 g/mol. The van der Waals surface area contributed by atoms with Crippen LogP contribution in [0.2, 0.25) is 0 Å². The number of hydrogen-bond acceptors (Lipinski definition) is 7. The van der Waals surface area contributed by atoms with Crippen LogP contribution in [0.5, 0.6) is 11.5 Å². The Hall–Kier alpha value is -2.91. The number of ether oxygens (including phenoxy) is 2. The van der Waals surface area contributed by atoms with Gasteiger partial charge < -0.3 is 29.0 Å². The summed E-state index contributed by atoms with van der Waals surface area (Å²) in [6.45, 7) is 6.25. The van der Waals surface area contributed by atoms with Crippen LogP contribution in [0.1, 0.15) is 44.8 Å². The summed E-state index contributed by atoms with van der Waals surface area (Å²) in [6.07, 6.45) is 3.58. The third kappa shape index (κ3) is 6.81. The largest absolute Gasteiger partial charge is 0.493 e. The highest BCUT2D eigenvalue weighted by molar-refractivity contribution is 5.95. The number of aryl methyl sites for hydroxylation is 1. The number of aromatic nitrogens is 1. The highest BCUT2D eigenvalue weighted by atomic mass is 19.3. The zero-order valence-electron chi connectivity index (χ0n) is 23.3. The fourth-order valence-corrected chi connectivity index (χ4v) is 5.40. The molecule has 4 heterocycles. The Balaban J connectivity index is 1.37. The zero-order chi connectivity index (χ0) is 27.4. The summed E-state index contributed by atoms with van der Waals surface area (Å²) in [6, 6.07) is 10.3. The van der Waals surface area contributed by atoms with Gasteiger partial charge in [0, 0.05) is 62.1 Å². The number of nitrogens with one attached hydrogen (secondary N) is 1. The predicted octanol–water partition coefficient (Wildman–Crippen LogP) is 6.07. The van der Waals surface area contributed by atoms with Crippen molar-refractivity contribution in [3.05, 3.63) is 36.1 Å². The van der Waals surface area contributed by atoms with Crippen molar-refractivity contribution < 1.29 is 22.7 Å². The number of benzene rings is 1. The van der Waals surface area contributed by atoms with Crippen LogP contribution in [0.15, 0.2) is 34.7 Å². The second-order valence-electron chi connectivity index (χ2n) is 10.8. The first-order valence-corrected chi connectivity index (χ1v) is 14.1. The number of methoxy groups -OCH3 is 1. The minimum absolute atomic E-state index is 0.0658. The summed E-state index contributed by atoms with van der Waals surface area (Å²) in [5.41, 5.74) is 2.58. The number of fused-ring (bicyclic) bond motifs is 1. The maximum Gasteiger partial charge on any atom is 0.250 e. The SMILES string of the molecule is CCc1ccc(-c2cc(NC3CCN(C)CC3)c3cc(OC)c(OCCCN4CCC(F)(F)CC4)cc3n2)o1. The molecule has 0 unspecified atom stereocenters. The quantitative estimate of drug-likeness (QED) is 0.312. The summed E-state index contributed by atoms with van der Waals surface area (Å²) in [5, 5.41) is 4.75. The first kappa shape index (κ1) is 27.6. The summed E-state index contributed by atoms with van der Waals surface area (Å²) in [4.78, 5) is 9.40. The Morgan fingerprint density at radius 3 is 2.54 bits per heavy atom. The van der Waals surface area contributed by atoms with Crippen LogP contribution < -0.4 is 14.8 Å². The number of furan rings is 1. The molecule has 9 heteroatoms. The lowest BCUT2D eigenvalue weighted by atomic mass is 10.0. The number of piperidine rings is 2. The molecule has 0 spiro atoms. The molecule has 1 aromatic carbocycles. The van der Waals surface area contributed by atoms with E-state index in [-0.39, 0.29) is 12.8 Å². The van der Waals surface area contributed by atoms with Gasteiger partial charge in [0.1, 0.15) is 11.5 Å². The normalized spacial score (nSPS) is 18.9. The van der Waals surface area contributed by atoms with Gasteiger partial charge in [0.05, 0.1) is 19.2 Å². The maximum atomic E-state index is 13.4. The van der Waals surface area contributed by atoms with Gasteiger partial charge in [0.15, 0.2) is 17.3 Å². The molecule has 0 bridgehead atoms. The van der Waals surface area contributed by atoms with Crippen molar-refractivity contribution in [2.24, 2.45) is 0 Å². The predicted molar refractivity (Wildman–Crippen MR) is 150 cm³/mol. The fourth-order valence-electron chi connectivity index (χ4n) is 5.40. The molecule has 0 aliphatic carbocycles. The molecule has 212 valence electrons. The van der Waals surface area contributed by atoms with Gasteiger partial charge in [-0.2, -0.15) is 0 Å². The third-order valence-corrected chi connectivity index (χ3v) is 7.90. The number of nitrogens with zero attached hydrogens (tertiary/aromatic N) is 3. The van der Waals surface area contributed by atoms with Gasteiger partial charge in [-0.3, -0.25) is 0 Å². The summed E-state index contributed by atoms with van der Waals surface area (Å²) in [7, 11) is 3.80. The van der Waals surface area contributed by atoms with Gasteiger partial charge in [-0.1, -0.05) is 6.92 Å². The second-order valence-corrected chi connectivity index (χ2v) is 10.8. The van der Waals surface area contributed by atoms with Gasteiger partial charge in [0.25, 0.3) is 5.92 Å². The van der Waals surface area contributed by atoms with Gasteiger partial charge in [-0.15, -0.1) is 0 Å². The Bertz CT molecular complexity index is 1250. The highest BCUT2D eigenvalue weighted by Gasteiger charge is 2.33. The Kier molecular flexibility index (Phi) is 8.57. The van der Waals surface area contributed by atoms with Crippen LogP contribution >= 0.6 is 0 Å². The number of alkyl halides is 2. The van der Waals surface area contributed by atoms with E-state index in [2.05, 4.69) is 35.2 Å². The van der Waals surface area contributed by atoms with Gasteiger partial charge >= 0.3 is 0 Å². The first-order valence-electron chi connectivity index (χ1n) is 14.1. The molecule has 2 aliphatic rings. The van der Waals surface area contributed by atoms with Crippen molar-refractivity contribution in [2.45, 2.75) is 57.4 Å². The van der Waals surface area contributed by atoms with Crippen molar-refractivity contribution >= 4 is 16.6 Å². The number of hydrogen-bond donors (Lipinski definition) is 1. The molecule has 2 saturated heterocycles. The van der Waals surface area contributed by atoms with Gasteiger partial charge in [-0.25, -0.2) is 13.8 Å². The summed E-state index contributed by atoms with van der Waals surface area (Å²) >= 11 is 0.